The highest BCUT2D eigenvalue weighted by Gasteiger charge is 2.56. The maximum Gasteiger partial charge on any atom is 0.316 e. The lowest BCUT2D eigenvalue weighted by Gasteiger charge is -2.44. The Kier molecular flexibility index (Phi) is 5.53. The summed E-state index contributed by atoms with van der Waals surface area (Å²) in [5.41, 5.74) is 0.391. The summed E-state index contributed by atoms with van der Waals surface area (Å²) in [5.74, 6) is -0.952. The molecule has 1 saturated carbocycles. The Labute approximate surface area is 152 Å². The lowest BCUT2D eigenvalue weighted by atomic mass is 9.83. The van der Waals surface area contributed by atoms with E-state index in [0.717, 1.165) is 30.6 Å². The minimum absolute atomic E-state index is 0.0211. The van der Waals surface area contributed by atoms with Crippen molar-refractivity contribution in [1.82, 2.24) is 4.90 Å². The summed E-state index contributed by atoms with van der Waals surface area (Å²) < 4.78 is 5.51. The van der Waals surface area contributed by atoms with Crippen molar-refractivity contribution in [1.29, 1.82) is 0 Å². The van der Waals surface area contributed by atoms with Gasteiger partial charge in [-0.15, -0.1) is 11.8 Å². The normalized spacial score (nSPS) is 27.8. The van der Waals surface area contributed by atoms with E-state index in [1.165, 1.54) is 30.0 Å². The second kappa shape index (κ2) is 7.50. The minimum Gasteiger partial charge on any atom is -0.462 e. The van der Waals surface area contributed by atoms with E-state index >= 15 is 0 Å². The average Bonchev–Trinajstić information content (AvgIpc) is 2.88. The van der Waals surface area contributed by atoms with Crippen molar-refractivity contribution in [3.63, 3.8) is 0 Å². The van der Waals surface area contributed by atoms with Crippen molar-refractivity contribution in [2.75, 3.05) is 5.75 Å². The molecule has 2 heterocycles. The molecule has 1 saturated heterocycles. The number of fused-ring (bicyclic) bond motifs is 1. The van der Waals surface area contributed by atoms with Crippen LogP contribution in [0.1, 0.15) is 52.4 Å². The van der Waals surface area contributed by atoms with Crippen LogP contribution in [0.5, 0.6) is 0 Å². The van der Waals surface area contributed by atoms with Crippen LogP contribution in [0.3, 0.4) is 0 Å². The Morgan fingerprint density at radius 3 is 2.60 bits per heavy atom. The summed E-state index contributed by atoms with van der Waals surface area (Å²) in [6.07, 6.45) is 5.07. The van der Waals surface area contributed by atoms with Gasteiger partial charge in [0, 0.05) is 18.2 Å². The maximum atomic E-state index is 12.2. The number of esters is 1. The number of β-lactam (4-membered cyclic amide) rings is 1. The molecule has 6 nitrogen and oxygen atoms in total. The molecule has 0 unspecified atom stereocenters. The molecule has 1 amide bonds. The molecule has 25 heavy (non-hydrogen) atoms. The van der Waals surface area contributed by atoms with Crippen LogP contribution in [0.25, 0.3) is 0 Å². The predicted octanol–water partition coefficient (Wildman–Crippen LogP) is 2.01. The molecule has 0 radical (unpaired) electrons. The van der Waals surface area contributed by atoms with Crippen molar-refractivity contribution in [2.24, 2.45) is 5.92 Å². The van der Waals surface area contributed by atoms with Crippen molar-refractivity contribution in [3.05, 3.63) is 10.6 Å². The minimum atomic E-state index is -0.734. The first-order valence-electron chi connectivity index (χ1n) is 8.97. The third-order valence-electron chi connectivity index (χ3n) is 5.24. The number of nitrogens with zero attached hydrogens (tertiary/aromatic N) is 1. The molecule has 7 heteroatoms. The highest BCUT2D eigenvalue weighted by molar-refractivity contribution is 8.03. The van der Waals surface area contributed by atoms with Crippen LogP contribution in [-0.4, -0.2) is 51.7 Å². The zero-order valence-electron chi connectivity index (χ0n) is 14.7. The van der Waals surface area contributed by atoms with Crippen LogP contribution >= 0.6 is 11.8 Å². The van der Waals surface area contributed by atoms with Gasteiger partial charge in [0.2, 0.25) is 5.91 Å². The number of allylic oxidation sites excluding steroid dienone is 1. The van der Waals surface area contributed by atoms with Gasteiger partial charge in [0.05, 0.1) is 29.5 Å². The van der Waals surface area contributed by atoms with Gasteiger partial charge in [-0.2, -0.15) is 0 Å². The average molecular weight is 367 g/mol. The molecule has 0 spiro atoms. The van der Waals surface area contributed by atoms with Crippen LogP contribution < -0.4 is 0 Å². The molecule has 3 atom stereocenters. The van der Waals surface area contributed by atoms with Gasteiger partial charge in [0.15, 0.2) is 5.78 Å². The summed E-state index contributed by atoms with van der Waals surface area (Å²) in [6.45, 7) is 3.03. The fourth-order valence-electron chi connectivity index (χ4n) is 4.05. The van der Waals surface area contributed by atoms with Gasteiger partial charge in [0.25, 0.3) is 0 Å². The van der Waals surface area contributed by atoms with Gasteiger partial charge in [-0.3, -0.25) is 14.4 Å². The number of rotatable bonds is 6. The number of carbonyl (C=O) groups is 3. The molecular weight excluding hydrogens is 342 g/mol. The van der Waals surface area contributed by atoms with Crippen molar-refractivity contribution in [3.8, 4) is 0 Å². The number of thioether (sulfide) groups is 1. The molecule has 0 aromatic rings. The number of carbonyl (C=O) groups excluding carboxylic acids is 3. The van der Waals surface area contributed by atoms with Crippen molar-refractivity contribution >= 4 is 29.4 Å². The number of hydrogen-bond donors (Lipinski definition) is 1. The van der Waals surface area contributed by atoms with E-state index in [9.17, 15) is 19.5 Å². The van der Waals surface area contributed by atoms with Crippen LogP contribution in [0.4, 0.5) is 0 Å². The number of aliphatic hydroxyl groups excluding tert-OH is 1. The molecule has 2 fully saturated rings. The molecular formula is C18H25NO5S. The van der Waals surface area contributed by atoms with E-state index in [0.29, 0.717) is 12.1 Å². The lowest BCUT2D eigenvalue weighted by Crippen LogP contribution is -2.61. The Hall–Kier alpha value is -1.34. The summed E-state index contributed by atoms with van der Waals surface area (Å²) in [6, 6.07) is -0.164. The number of aliphatic hydroxyl groups is 1. The van der Waals surface area contributed by atoms with Gasteiger partial charge >= 0.3 is 5.97 Å². The summed E-state index contributed by atoms with van der Waals surface area (Å²) in [7, 11) is 0. The Morgan fingerprint density at radius 2 is 2.00 bits per heavy atom. The fraction of sp³-hybridized carbons (Fsp3) is 0.722. The van der Waals surface area contributed by atoms with Crippen molar-refractivity contribution in [2.45, 2.75) is 70.6 Å². The number of hydrogen-bond acceptors (Lipinski definition) is 6. The first-order chi connectivity index (χ1) is 11.9. The number of amides is 1. The maximum absolute atomic E-state index is 12.2. The van der Waals surface area contributed by atoms with Gasteiger partial charge < -0.3 is 14.7 Å². The highest BCUT2D eigenvalue weighted by atomic mass is 32.2. The number of ether oxygens (including phenoxy) is 1. The van der Waals surface area contributed by atoms with E-state index < -0.39 is 12.0 Å². The molecule has 2 aliphatic heterocycles. The third-order valence-corrected chi connectivity index (χ3v) is 6.32. The van der Waals surface area contributed by atoms with E-state index in [2.05, 4.69) is 0 Å². The van der Waals surface area contributed by atoms with E-state index in [-0.39, 0.29) is 35.6 Å². The molecule has 1 aliphatic carbocycles. The SMILES string of the molecule is CC(=O)C1=C(SCC(=O)OC2CCCCC2)C[C@@H]2[C@@H]([C@@H](C)O)C(=O)N12. The van der Waals surface area contributed by atoms with E-state index in [1.807, 2.05) is 0 Å². The molecule has 0 bridgehead atoms. The Morgan fingerprint density at radius 1 is 1.32 bits per heavy atom. The third kappa shape index (κ3) is 3.62. The van der Waals surface area contributed by atoms with Gasteiger partial charge in [-0.05, 0) is 32.6 Å². The summed E-state index contributed by atoms with van der Waals surface area (Å²) in [4.78, 5) is 38.6. The standard InChI is InChI=1S/C18H25NO5S/c1-10(20)16-13-8-14(17(11(2)21)19(13)18(16)23)25-9-15(22)24-12-6-4-3-5-7-12/h10,12-13,16,20H,3-9H2,1-2H3/t10-,13-,16-/m1/s1. The molecule has 3 aliphatic rings. The first kappa shape index (κ1) is 18.5. The predicted molar refractivity (Wildman–Crippen MR) is 93.6 cm³/mol. The molecule has 1 N–H and O–H groups in total. The zero-order valence-corrected chi connectivity index (χ0v) is 15.5. The number of ketones is 1. The van der Waals surface area contributed by atoms with Gasteiger partial charge in [-0.1, -0.05) is 6.42 Å². The number of Topliss-reactive ketones (excluding diaryl/α,β-unsaturated/α-hetero) is 1. The monoisotopic (exact) mass is 367 g/mol. The van der Waals surface area contributed by atoms with Crippen molar-refractivity contribution < 1.29 is 24.2 Å². The summed E-state index contributed by atoms with van der Waals surface area (Å²) in [5, 5.41) is 9.77. The van der Waals surface area contributed by atoms with Gasteiger partial charge in [0.1, 0.15) is 6.10 Å². The van der Waals surface area contributed by atoms with Gasteiger partial charge in [-0.25, -0.2) is 0 Å². The second-order valence-electron chi connectivity index (χ2n) is 7.11. The zero-order chi connectivity index (χ0) is 18.1. The fourth-order valence-corrected chi connectivity index (χ4v) is 5.08. The Bertz CT molecular complexity index is 609. The second-order valence-corrected chi connectivity index (χ2v) is 8.18. The summed E-state index contributed by atoms with van der Waals surface area (Å²) >= 11 is 1.29. The van der Waals surface area contributed by atoms with Crippen LogP contribution in [0, 0.1) is 5.92 Å². The Balaban J connectivity index is 1.60. The molecule has 138 valence electrons. The largest absolute Gasteiger partial charge is 0.462 e. The van der Waals surface area contributed by atoms with Crippen LogP contribution in [0.15, 0.2) is 10.6 Å². The smallest absolute Gasteiger partial charge is 0.316 e. The molecule has 3 rings (SSSR count). The molecule has 0 aromatic carbocycles. The van der Waals surface area contributed by atoms with Crippen LogP contribution in [-0.2, 0) is 19.1 Å². The lowest BCUT2D eigenvalue weighted by molar-refractivity contribution is -0.158. The molecule has 0 aromatic heterocycles. The van der Waals surface area contributed by atoms with E-state index in [4.69, 9.17) is 4.74 Å². The quantitative estimate of drug-likeness (QED) is 0.571. The highest BCUT2D eigenvalue weighted by Crippen LogP contribution is 2.47. The topological polar surface area (TPSA) is 83.9 Å². The van der Waals surface area contributed by atoms with E-state index in [1.54, 1.807) is 6.92 Å². The first-order valence-corrected chi connectivity index (χ1v) is 9.96. The van der Waals surface area contributed by atoms with Crippen LogP contribution in [0.2, 0.25) is 0 Å².